The summed E-state index contributed by atoms with van der Waals surface area (Å²) in [5.74, 6) is 6.93. The molecule has 0 aliphatic carbocycles. The highest BCUT2D eigenvalue weighted by Crippen LogP contribution is 2.31. The standard InChI is InChI=1S/C13H19N5O/c1-8(2)19-11-6-4-3-5-9(11)12(17-15)10-7-16-18-13(10)14/h3-8,12,17H,15H2,1-2H3,(H3,14,16,18). The number of hydrogen-bond acceptors (Lipinski definition) is 5. The Kier molecular flexibility index (Phi) is 4.03. The summed E-state index contributed by atoms with van der Waals surface area (Å²) >= 11 is 0. The average molecular weight is 261 g/mol. The van der Waals surface area contributed by atoms with Crippen LogP contribution in [0.2, 0.25) is 0 Å². The zero-order chi connectivity index (χ0) is 13.8. The topological polar surface area (TPSA) is 102 Å². The van der Waals surface area contributed by atoms with Crippen LogP contribution in [0, 0.1) is 0 Å². The van der Waals surface area contributed by atoms with Crippen molar-refractivity contribution in [2.75, 3.05) is 5.73 Å². The van der Waals surface area contributed by atoms with E-state index in [9.17, 15) is 0 Å². The normalized spacial score (nSPS) is 12.6. The van der Waals surface area contributed by atoms with Gasteiger partial charge in [-0.15, -0.1) is 0 Å². The number of nitrogen functional groups attached to an aromatic ring is 1. The molecule has 6 heteroatoms. The lowest BCUT2D eigenvalue weighted by Gasteiger charge is -2.20. The zero-order valence-corrected chi connectivity index (χ0v) is 11.1. The first-order chi connectivity index (χ1) is 9.13. The number of aromatic nitrogens is 2. The Morgan fingerprint density at radius 3 is 2.58 bits per heavy atom. The fourth-order valence-corrected chi connectivity index (χ4v) is 1.96. The van der Waals surface area contributed by atoms with Crippen LogP contribution in [-0.4, -0.2) is 16.3 Å². The molecular weight excluding hydrogens is 242 g/mol. The molecule has 6 N–H and O–H groups in total. The van der Waals surface area contributed by atoms with E-state index in [0.29, 0.717) is 5.82 Å². The molecule has 0 radical (unpaired) electrons. The summed E-state index contributed by atoms with van der Waals surface area (Å²) in [5.41, 5.74) is 10.3. The average Bonchev–Trinajstić information content (AvgIpc) is 2.78. The van der Waals surface area contributed by atoms with Gasteiger partial charge in [0.2, 0.25) is 0 Å². The van der Waals surface area contributed by atoms with Crippen molar-refractivity contribution in [3.63, 3.8) is 0 Å². The third kappa shape index (κ3) is 2.86. The Morgan fingerprint density at radius 1 is 1.26 bits per heavy atom. The Hall–Kier alpha value is -2.05. The molecule has 1 aromatic carbocycles. The largest absolute Gasteiger partial charge is 0.491 e. The van der Waals surface area contributed by atoms with Crippen molar-refractivity contribution >= 4 is 5.82 Å². The van der Waals surface area contributed by atoms with Gasteiger partial charge in [0.15, 0.2) is 0 Å². The number of nitrogens with zero attached hydrogens (tertiary/aromatic N) is 1. The number of nitrogens with one attached hydrogen (secondary N) is 2. The highest BCUT2D eigenvalue weighted by Gasteiger charge is 2.20. The molecule has 0 spiro atoms. The van der Waals surface area contributed by atoms with E-state index in [1.54, 1.807) is 6.20 Å². The molecule has 1 heterocycles. The SMILES string of the molecule is CC(C)Oc1ccccc1C(NN)c1cn[nH]c1N. The molecule has 19 heavy (non-hydrogen) atoms. The highest BCUT2D eigenvalue weighted by molar-refractivity contribution is 5.48. The molecule has 0 fully saturated rings. The van der Waals surface area contributed by atoms with Crippen LogP contribution in [-0.2, 0) is 0 Å². The van der Waals surface area contributed by atoms with Crippen molar-refractivity contribution in [1.29, 1.82) is 0 Å². The first kappa shape index (κ1) is 13.4. The lowest BCUT2D eigenvalue weighted by Crippen LogP contribution is -2.29. The van der Waals surface area contributed by atoms with Crippen molar-refractivity contribution in [2.24, 2.45) is 5.84 Å². The summed E-state index contributed by atoms with van der Waals surface area (Å²) in [5, 5.41) is 6.63. The Bertz CT molecular complexity index is 537. The van der Waals surface area contributed by atoms with Gasteiger partial charge in [0.1, 0.15) is 11.6 Å². The second kappa shape index (κ2) is 5.73. The molecule has 1 unspecified atom stereocenters. The van der Waals surface area contributed by atoms with Gasteiger partial charge in [-0.25, -0.2) is 5.43 Å². The molecule has 6 nitrogen and oxygen atoms in total. The van der Waals surface area contributed by atoms with Crippen molar-refractivity contribution in [3.05, 3.63) is 41.6 Å². The predicted octanol–water partition coefficient (Wildman–Crippen LogP) is 1.33. The van der Waals surface area contributed by atoms with E-state index in [0.717, 1.165) is 16.9 Å². The summed E-state index contributed by atoms with van der Waals surface area (Å²) < 4.78 is 5.80. The molecule has 0 bridgehead atoms. The number of nitrogens with two attached hydrogens (primary N) is 2. The minimum absolute atomic E-state index is 0.0845. The first-order valence-corrected chi connectivity index (χ1v) is 6.14. The minimum Gasteiger partial charge on any atom is -0.491 e. The fourth-order valence-electron chi connectivity index (χ4n) is 1.96. The molecule has 2 aromatic rings. The number of ether oxygens (including phenoxy) is 1. The summed E-state index contributed by atoms with van der Waals surface area (Å²) in [6, 6.07) is 7.45. The maximum atomic E-state index is 5.85. The van der Waals surface area contributed by atoms with Crippen LogP contribution in [0.4, 0.5) is 5.82 Å². The minimum atomic E-state index is -0.270. The summed E-state index contributed by atoms with van der Waals surface area (Å²) in [6.45, 7) is 3.96. The van der Waals surface area contributed by atoms with E-state index in [4.69, 9.17) is 16.3 Å². The second-order valence-electron chi connectivity index (χ2n) is 4.54. The van der Waals surface area contributed by atoms with E-state index in [1.165, 1.54) is 0 Å². The molecule has 2 rings (SSSR count). The van der Waals surface area contributed by atoms with E-state index >= 15 is 0 Å². The molecule has 1 atom stereocenters. The number of para-hydroxylation sites is 1. The molecule has 0 saturated carbocycles. The first-order valence-electron chi connectivity index (χ1n) is 6.14. The number of benzene rings is 1. The van der Waals surface area contributed by atoms with Gasteiger partial charge < -0.3 is 10.5 Å². The fraction of sp³-hybridized carbons (Fsp3) is 0.308. The van der Waals surface area contributed by atoms with Crippen LogP contribution < -0.4 is 21.7 Å². The molecule has 1 aromatic heterocycles. The van der Waals surface area contributed by atoms with Crippen LogP contribution in [0.3, 0.4) is 0 Å². The Morgan fingerprint density at radius 2 is 2.00 bits per heavy atom. The van der Waals surface area contributed by atoms with Gasteiger partial charge in [0.05, 0.1) is 18.3 Å². The number of H-pyrrole nitrogens is 1. The van der Waals surface area contributed by atoms with Crippen LogP contribution in [0.1, 0.15) is 31.0 Å². The van der Waals surface area contributed by atoms with Crippen LogP contribution in [0.25, 0.3) is 0 Å². The van der Waals surface area contributed by atoms with E-state index in [1.807, 2.05) is 38.1 Å². The third-order valence-electron chi connectivity index (χ3n) is 2.77. The van der Waals surface area contributed by atoms with Crippen LogP contribution in [0.15, 0.2) is 30.5 Å². The number of hydrogen-bond donors (Lipinski definition) is 4. The molecule has 0 amide bonds. The molecular formula is C13H19N5O. The van der Waals surface area contributed by atoms with Crippen LogP contribution in [0.5, 0.6) is 5.75 Å². The zero-order valence-electron chi connectivity index (χ0n) is 11.1. The van der Waals surface area contributed by atoms with Gasteiger partial charge in [0, 0.05) is 11.1 Å². The van der Waals surface area contributed by atoms with Gasteiger partial charge in [-0.1, -0.05) is 18.2 Å². The van der Waals surface area contributed by atoms with Gasteiger partial charge in [-0.05, 0) is 19.9 Å². The highest BCUT2D eigenvalue weighted by atomic mass is 16.5. The molecule has 0 saturated heterocycles. The quantitative estimate of drug-likeness (QED) is 0.480. The van der Waals surface area contributed by atoms with Crippen molar-refractivity contribution in [1.82, 2.24) is 15.6 Å². The maximum Gasteiger partial charge on any atom is 0.124 e. The van der Waals surface area contributed by atoms with E-state index < -0.39 is 0 Å². The van der Waals surface area contributed by atoms with Crippen molar-refractivity contribution in [2.45, 2.75) is 26.0 Å². The number of aromatic amines is 1. The molecule has 102 valence electrons. The second-order valence-corrected chi connectivity index (χ2v) is 4.54. The summed E-state index contributed by atoms with van der Waals surface area (Å²) in [6.07, 6.45) is 1.74. The smallest absolute Gasteiger partial charge is 0.124 e. The molecule has 0 aliphatic heterocycles. The predicted molar refractivity (Wildman–Crippen MR) is 74.4 cm³/mol. The third-order valence-corrected chi connectivity index (χ3v) is 2.77. The van der Waals surface area contributed by atoms with Gasteiger partial charge >= 0.3 is 0 Å². The number of hydrazine groups is 1. The monoisotopic (exact) mass is 261 g/mol. The van der Waals surface area contributed by atoms with Gasteiger partial charge in [-0.3, -0.25) is 10.9 Å². The number of anilines is 1. The summed E-state index contributed by atoms with van der Waals surface area (Å²) in [7, 11) is 0. The van der Waals surface area contributed by atoms with Crippen molar-refractivity contribution in [3.8, 4) is 5.75 Å². The number of rotatable bonds is 5. The Balaban J connectivity index is 2.41. The molecule has 0 aliphatic rings. The van der Waals surface area contributed by atoms with Crippen molar-refractivity contribution < 1.29 is 4.74 Å². The van der Waals surface area contributed by atoms with Crippen LogP contribution >= 0.6 is 0 Å². The van der Waals surface area contributed by atoms with Gasteiger partial charge in [-0.2, -0.15) is 5.10 Å². The lowest BCUT2D eigenvalue weighted by atomic mass is 10.0. The maximum absolute atomic E-state index is 5.85. The summed E-state index contributed by atoms with van der Waals surface area (Å²) in [4.78, 5) is 0. The van der Waals surface area contributed by atoms with Gasteiger partial charge in [0.25, 0.3) is 0 Å². The van der Waals surface area contributed by atoms with E-state index in [-0.39, 0.29) is 12.1 Å². The Labute approximate surface area is 112 Å². The van der Waals surface area contributed by atoms with E-state index in [2.05, 4.69) is 15.6 Å². The lowest BCUT2D eigenvalue weighted by molar-refractivity contribution is 0.238.